The van der Waals surface area contributed by atoms with E-state index in [-0.39, 0.29) is 5.91 Å². The van der Waals surface area contributed by atoms with E-state index in [2.05, 4.69) is 26.4 Å². The van der Waals surface area contributed by atoms with Crippen molar-refractivity contribution in [3.05, 3.63) is 46.3 Å². The number of benzene rings is 1. The number of nitrogens with one attached hydrogen (secondary N) is 2. The fraction of sp³-hybridized carbons (Fsp3) is 0.412. The molecular formula is C17H22BrN4O2+. The number of rotatable bonds is 5. The number of aromatic nitrogens is 1. The second-order valence-electron chi connectivity index (χ2n) is 6.10. The Kier molecular flexibility index (Phi) is 5.52. The van der Waals surface area contributed by atoms with E-state index < -0.39 is 0 Å². The van der Waals surface area contributed by atoms with Crippen molar-refractivity contribution in [2.45, 2.75) is 13.5 Å². The maximum atomic E-state index is 12.3. The van der Waals surface area contributed by atoms with Crippen molar-refractivity contribution in [3.8, 4) is 0 Å². The largest absolute Gasteiger partial charge is 0.376 e. The highest BCUT2D eigenvalue weighted by molar-refractivity contribution is 9.10. The summed E-state index contributed by atoms with van der Waals surface area (Å²) in [5.41, 5.74) is 1.94. The molecule has 128 valence electrons. The van der Waals surface area contributed by atoms with Gasteiger partial charge < -0.3 is 19.6 Å². The summed E-state index contributed by atoms with van der Waals surface area (Å²) in [6, 6.07) is 9.81. The Bertz CT molecular complexity index is 678. The maximum Gasteiger partial charge on any atom is 0.242 e. The van der Waals surface area contributed by atoms with E-state index in [1.54, 1.807) is 0 Å². The lowest BCUT2D eigenvalue weighted by Gasteiger charge is -2.32. The van der Waals surface area contributed by atoms with Crippen molar-refractivity contribution >= 4 is 27.5 Å². The molecule has 6 nitrogen and oxygen atoms in total. The number of carbonyl (C=O) groups is 1. The summed E-state index contributed by atoms with van der Waals surface area (Å²) in [7, 11) is 0. The molecule has 0 unspecified atom stereocenters. The van der Waals surface area contributed by atoms with Crippen molar-refractivity contribution in [1.29, 1.82) is 0 Å². The Balaban J connectivity index is 1.42. The number of anilines is 1. The standard InChI is InChI=1S/C17H21BrN4O2/c1-13-10-16(20-24-13)12-21-6-8-22(9-7-21)17(23)11-19-15-4-2-14(18)3-5-15/h2-5,10,19H,6-9,11-12H2,1H3/p+1. The van der Waals surface area contributed by atoms with E-state index in [4.69, 9.17) is 4.52 Å². The van der Waals surface area contributed by atoms with Crippen LogP contribution in [0.15, 0.2) is 39.3 Å². The van der Waals surface area contributed by atoms with Gasteiger partial charge in [0.1, 0.15) is 18.0 Å². The van der Waals surface area contributed by atoms with Crippen molar-refractivity contribution < 1.29 is 14.2 Å². The molecule has 7 heteroatoms. The van der Waals surface area contributed by atoms with Crippen molar-refractivity contribution in [2.24, 2.45) is 0 Å². The molecule has 0 bridgehead atoms. The zero-order chi connectivity index (χ0) is 16.9. The first-order valence-corrected chi connectivity index (χ1v) is 8.92. The van der Waals surface area contributed by atoms with E-state index in [0.717, 1.165) is 54.3 Å². The molecule has 1 aliphatic heterocycles. The van der Waals surface area contributed by atoms with E-state index in [1.165, 1.54) is 4.90 Å². The summed E-state index contributed by atoms with van der Waals surface area (Å²) in [6.07, 6.45) is 0. The van der Waals surface area contributed by atoms with Gasteiger partial charge in [-0.25, -0.2) is 0 Å². The first-order chi connectivity index (χ1) is 11.6. The molecule has 1 aliphatic rings. The molecule has 24 heavy (non-hydrogen) atoms. The lowest BCUT2D eigenvalue weighted by Crippen LogP contribution is -3.13. The SMILES string of the molecule is Cc1cc(C[NH+]2CCN(C(=O)CNc3ccc(Br)cc3)CC2)no1. The van der Waals surface area contributed by atoms with Gasteiger partial charge >= 0.3 is 0 Å². The molecule has 1 amide bonds. The Labute approximate surface area is 149 Å². The van der Waals surface area contributed by atoms with Gasteiger partial charge in [0.25, 0.3) is 0 Å². The lowest BCUT2D eigenvalue weighted by molar-refractivity contribution is -0.918. The fourth-order valence-corrected chi connectivity index (χ4v) is 3.13. The molecule has 2 N–H and O–H groups in total. The minimum atomic E-state index is 0.147. The van der Waals surface area contributed by atoms with Crippen LogP contribution in [0.25, 0.3) is 0 Å². The summed E-state index contributed by atoms with van der Waals surface area (Å²) in [4.78, 5) is 15.7. The summed E-state index contributed by atoms with van der Waals surface area (Å²) >= 11 is 3.40. The molecule has 0 radical (unpaired) electrons. The number of hydrogen-bond acceptors (Lipinski definition) is 4. The van der Waals surface area contributed by atoms with Crippen LogP contribution in [0.1, 0.15) is 11.5 Å². The van der Waals surface area contributed by atoms with Gasteiger partial charge in [0.15, 0.2) is 0 Å². The maximum absolute atomic E-state index is 12.3. The smallest absolute Gasteiger partial charge is 0.242 e. The van der Waals surface area contributed by atoms with Crippen LogP contribution in [0.2, 0.25) is 0 Å². The van der Waals surface area contributed by atoms with Crippen molar-refractivity contribution in [2.75, 3.05) is 38.0 Å². The number of carbonyl (C=O) groups excluding carboxylic acids is 1. The van der Waals surface area contributed by atoms with Gasteiger partial charge in [-0.1, -0.05) is 21.1 Å². The summed E-state index contributed by atoms with van der Waals surface area (Å²) in [5, 5.41) is 7.22. The normalized spacial score (nSPS) is 15.5. The second kappa shape index (κ2) is 7.81. The van der Waals surface area contributed by atoms with Gasteiger partial charge in [0.2, 0.25) is 5.91 Å². The molecule has 0 saturated carbocycles. The number of nitrogens with zero attached hydrogens (tertiary/aromatic N) is 2. The molecule has 0 aliphatic carbocycles. The highest BCUT2D eigenvalue weighted by Crippen LogP contribution is 2.13. The van der Waals surface area contributed by atoms with Crippen molar-refractivity contribution in [1.82, 2.24) is 10.1 Å². The first-order valence-electron chi connectivity index (χ1n) is 8.13. The minimum Gasteiger partial charge on any atom is -0.376 e. The highest BCUT2D eigenvalue weighted by Gasteiger charge is 2.24. The van der Waals surface area contributed by atoms with E-state index in [9.17, 15) is 4.79 Å². The molecular weight excluding hydrogens is 372 g/mol. The molecule has 3 rings (SSSR count). The third kappa shape index (κ3) is 4.58. The molecule has 1 aromatic carbocycles. The van der Waals surface area contributed by atoms with Crippen LogP contribution in [0.5, 0.6) is 0 Å². The van der Waals surface area contributed by atoms with Gasteiger partial charge in [0.05, 0.1) is 32.7 Å². The topological polar surface area (TPSA) is 62.8 Å². The highest BCUT2D eigenvalue weighted by atomic mass is 79.9. The van der Waals surface area contributed by atoms with Gasteiger partial charge in [-0.3, -0.25) is 4.79 Å². The number of halogens is 1. The molecule has 0 atom stereocenters. The zero-order valence-electron chi connectivity index (χ0n) is 13.7. The van der Waals surface area contributed by atoms with Crippen LogP contribution in [0.4, 0.5) is 5.69 Å². The van der Waals surface area contributed by atoms with Gasteiger partial charge in [-0.2, -0.15) is 0 Å². The molecule has 0 spiro atoms. The quantitative estimate of drug-likeness (QED) is 0.797. The number of hydrogen-bond donors (Lipinski definition) is 2. The summed E-state index contributed by atoms with van der Waals surface area (Å²) in [6.45, 7) is 6.54. The van der Waals surface area contributed by atoms with Crippen LogP contribution in [-0.4, -0.2) is 48.7 Å². The second-order valence-corrected chi connectivity index (χ2v) is 7.01. The lowest BCUT2D eigenvalue weighted by atomic mass is 10.2. The first kappa shape index (κ1) is 17.0. The van der Waals surface area contributed by atoms with Gasteiger partial charge in [0, 0.05) is 16.2 Å². The number of aryl methyl sites for hydroxylation is 1. The Morgan fingerprint density at radius 1 is 1.33 bits per heavy atom. The number of quaternary nitrogens is 1. The van der Waals surface area contributed by atoms with Crippen LogP contribution in [0.3, 0.4) is 0 Å². The molecule has 2 aromatic rings. The fourth-order valence-electron chi connectivity index (χ4n) is 2.86. The van der Waals surface area contributed by atoms with Crippen molar-refractivity contribution in [3.63, 3.8) is 0 Å². The monoisotopic (exact) mass is 393 g/mol. The predicted molar refractivity (Wildman–Crippen MR) is 94.9 cm³/mol. The Hall–Kier alpha value is -1.86. The van der Waals surface area contributed by atoms with E-state index >= 15 is 0 Å². The molecule has 2 heterocycles. The average Bonchev–Trinajstić information content (AvgIpc) is 2.99. The Morgan fingerprint density at radius 2 is 2.04 bits per heavy atom. The Morgan fingerprint density at radius 3 is 2.67 bits per heavy atom. The van der Waals surface area contributed by atoms with Crippen LogP contribution >= 0.6 is 15.9 Å². The average molecular weight is 394 g/mol. The zero-order valence-corrected chi connectivity index (χ0v) is 15.3. The predicted octanol–water partition coefficient (Wildman–Crippen LogP) is 1.08. The number of piperazine rings is 1. The van der Waals surface area contributed by atoms with Gasteiger partial charge in [-0.05, 0) is 31.2 Å². The van der Waals surface area contributed by atoms with E-state index in [1.807, 2.05) is 42.2 Å². The number of amides is 1. The van der Waals surface area contributed by atoms with Crippen LogP contribution < -0.4 is 10.2 Å². The molecule has 1 saturated heterocycles. The summed E-state index contributed by atoms with van der Waals surface area (Å²) in [5.74, 6) is 0.992. The molecule has 1 aromatic heterocycles. The molecule has 1 fully saturated rings. The van der Waals surface area contributed by atoms with Gasteiger partial charge in [-0.15, -0.1) is 0 Å². The van der Waals surface area contributed by atoms with E-state index in [0.29, 0.717) is 6.54 Å². The van der Waals surface area contributed by atoms with Crippen LogP contribution in [-0.2, 0) is 11.3 Å². The third-order valence-corrected chi connectivity index (χ3v) is 4.75. The van der Waals surface area contributed by atoms with Crippen LogP contribution in [0, 0.1) is 6.92 Å². The third-order valence-electron chi connectivity index (χ3n) is 4.22. The minimum absolute atomic E-state index is 0.147. The summed E-state index contributed by atoms with van der Waals surface area (Å²) < 4.78 is 6.14.